The van der Waals surface area contributed by atoms with Gasteiger partial charge in [-0.3, -0.25) is 19.2 Å². The van der Waals surface area contributed by atoms with Gasteiger partial charge in [0.1, 0.15) is 30.1 Å². The lowest BCUT2D eigenvalue weighted by molar-refractivity contribution is -0.264. The number of carbonyl (C=O) groups is 5. The van der Waals surface area contributed by atoms with Gasteiger partial charge in [0, 0.05) is 37.8 Å². The maximum Gasteiger partial charge on any atom is 0.329 e. The van der Waals surface area contributed by atoms with E-state index in [1.54, 1.807) is 26.8 Å². The van der Waals surface area contributed by atoms with E-state index in [9.17, 15) is 34.2 Å². The molecule has 3 fully saturated rings. The number of methoxy groups -OCH3 is 1. The molecule has 0 aromatic heterocycles. The lowest BCUT2D eigenvalue weighted by Crippen LogP contribution is -2.60. The van der Waals surface area contributed by atoms with Crippen LogP contribution >= 0.6 is 0 Å². The number of esters is 1. The Morgan fingerprint density at radius 1 is 0.848 bits per heavy atom. The van der Waals surface area contributed by atoms with Gasteiger partial charge >= 0.3 is 5.97 Å². The first-order valence-corrected chi connectivity index (χ1v) is 25.2. The number of nitrogens with zero attached hydrogens (tertiary/aromatic N) is 1. The van der Waals surface area contributed by atoms with Gasteiger partial charge in [0.2, 0.25) is 5.79 Å². The van der Waals surface area contributed by atoms with Crippen LogP contribution in [-0.2, 0) is 42.9 Å². The van der Waals surface area contributed by atoms with Crippen LogP contribution in [0.5, 0.6) is 0 Å². The van der Waals surface area contributed by atoms with Crippen molar-refractivity contribution in [2.45, 2.75) is 202 Å². The highest BCUT2D eigenvalue weighted by molar-refractivity contribution is 6.39. The summed E-state index contributed by atoms with van der Waals surface area (Å²) in [5.41, 5.74) is 1.50. The minimum Gasteiger partial charge on any atom is -0.460 e. The smallest absolute Gasteiger partial charge is 0.329 e. The number of ether oxygens (including phenoxy) is 4. The summed E-state index contributed by atoms with van der Waals surface area (Å²) in [5, 5.41) is 23.4. The van der Waals surface area contributed by atoms with Gasteiger partial charge in [-0.15, -0.1) is 0 Å². The summed E-state index contributed by atoms with van der Waals surface area (Å²) in [4.78, 5) is 72.0. The summed E-state index contributed by atoms with van der Waals surface area (Å²) < 4.78 is 24.3. The van der Waals surface area contributed by atoms with Crippen molar-refractivity contribution in [1.82, 2.24) is 4.90 Å². The Hall–Kier alpha value is -3.29. The van der Waals surface area contributed by atoms with Crippen molar-refractivity contribution in [3.63, 3.8) is 0 Å². The SMILES string of the molecule is CO[C@H]1C(=O)[C@H](C)C[C@H](C)/C=C/C=C/C=C(\C)[C@@H](C)C[C@@H]2CC[C@@H](C)[C@@](O)(O2)C(=O)C(=O)N2CCCC[C@H]2C(=O)O[C@H]([C@H](C)C[C@@H]2CC[C@@H](OC(C)C)[C@H](C)C2)CC(=O)[C@H](C)/C=C(\C)[C@H]1O. The molecule has 4 rings (SSSR count). The van der Waals surface area contributed by atoms with Crippen LogP contribution in [0.25, 0.3) is 0 Å². The van der Waals surface area contributed by atoms with Gasteiger partial charge in [-0.25, -0.2) is 4.79 Å². The molecule has 3 heterocycles. The van der Waals surface area contributed by atoms with E-state index in [1.807, 2.05) is 71.9 Å². The van der Waals surface area contributed by atoms with E-state index < -0.39 is 71.7 Å². The molecule has 4 aliphatic rings. The third-order valence-corrected chi connectivity index (χ3v) is 15.1. The summed E-state index contributed by atoms with van der Waals surface area (Å²) in [7, 11) is 1.40. The predicted molar refractivity (Wildman–Crippen MR) is 256 cm³/mol. The Morgan fingerprint density at radius 3 is 2.23 bits per heavy atom. The molecule has 12 nitrogen and oxygen atoms in total. The summed E-state index contributed by atoms with van der Waals surface area (Å²) in [5.74, 6) is -6.79. The summed E-state index contributed by atoms with van der Waals surface area (Å²) >= 11 is 0. The number of allylic oxidation sites excluding steroid dienone is 7. The van der Waals surface area contributed by atoms with Crippen molar-refractivity contribution < 1.29 is 53.1 Å². The molecular weight excluding hydrogens is 839 g/mol. The van der Waals surface area contributed by atoms with Crippen LogP contribution in [0.4, 0.5) is 0 Å². The third kappa shape index (κ3) is 14.9. The van der Waals surface area contributed by atoms with Crippen molar-refractivity contribution in [2.24, 2.45) is 47.3 Å². The van der Waals surface area contributed by atoms with Crippen LogP contribution in [0.15, 0.2) is 47.6 Å². The van der Waals surface area contributed by atoms with E-state index in [2.05, 4.69) is 13.8 Å². The number of hydrogen-bond acceptors (Lipinski definition) is 11. The van der Waals surface area contributed by atoms with Crippen LogP contribution in [0.2, 0.25) is 0 Å². The number of cyclic esters (lactones) is 1. The van der Waals surface area contributed by atoms with Crippen LogP contribution < -0.4 is 0 Å². The zero-order chi connectivity index (χ0) is 49.0. The lowest BCUT2D eigenvalue weighted by Gasteiger charge is -2.42. The van der Waals surface area contributed by atoms with Gasteiger partial charge in [0.25, 0.3) is 11.7 Å². The molecule has 372 valence electrons. The molecule has 12 heteroatoms. The van der Waals surface area contributed by atoms with E-state index in [4.69, 9.17) is 18.9 Å². The van der Waals surface area contributed by atoms with E-state index >= 15 is 0 Å². The molecule has 0 radical (unpaired) electrons. The molecule has 1 amide bonds. The van der Waals surface area contributed by atoms with Crippen LogP contribution in [0, 0.1) is 47.3 Å². The van der Waals surface area contributed by atoms with E-state index in [0.29, 0.717) is 62.4 Å². The number of aliphatic hydroxyl groups is 2. The molecule has 2 N–H and O–H groups in total. The standard InChI is InChI=1S/C54H85NO11/c1-32(2)64-46-24-22-42(28-37(46)7)29-38(8)47-31-45(56)36(6)27-40(10)49(58)50(63-12)48(57)39(9)26-33(3)18-14-13-15-19-34(4)35(5)30-43-23-21-41(11)54(62,66-43)51(59)52(60)55-25-17-16-20-44(55)53(61)65-47/h13-15,18-19,27,32-33,35-39,41-44,46-47,49-50,58,62H,16-17,20-26,28-31H2,1-12H3/b15-13+,18-14+,34-19+,40-27+/t33-,35+,36-,37-,38-,39-,41-,42-,43+,44+,46-,47+,49-,50+,54-/m1/s1. The highest BCUT2D eigenvalue weighted by Gasteiger charge is 2.53. The molecule has 1 saturated carbocycles. The lowest BCUT2D eigenvalue weighted by atomic mass is 9.75. The van der Waals surface area contributed by atoms with Crippen LogP contribution in [0.1, 0.15) is 153 Å². The zero-order valence-corrected chi connectivity index (χ0v) is 42.3. The van der Waals surface area contributed by atoms with E-state index in [1.165, 1.54) is 12.0 Å². The second-order valence-electron chi connectivity index (χ2n) is 21.1. The molecule has 3 aliphatic heterocycles. The fraction of sp³-hybridized carbons (Fsp3) is 0.759. The Labute approximate surface area is 396 Å². The van der Waals surface area contributed by atoms with Crippen molar-refractivity contribution >= 4 is 29.2 Å². The first-order chi connectivity index (χ1) is 31.1. The molecule has 15 atom stereocenters. The molecule has 0 aromatic rings. The topological polar surface area (TPSA) is 166 Å². The first-order valence-electron chi connectivity index (χ1n) is 25.2. The molecule has 0 unspecified atom stereocenters. The maximum atomic E-state index is 14.4. The zero-order valence-electron chi connectivity index (χ0n) is 42.3. The highest BCUT2D eigenvalue weighted by atomic mass is 16.6. The number of Topliss-reactive ketones (excluding diaryl/α,β-unsaturated/α-hetero) is 3. The Morgan fingerprint density at radius 2 is 1.56 bits per heavy atom. The van der Waals surface area contributed by atoms with E-state index in [0.717, 1.165) is 24.8 Å². The van der Waals surface area contributed by atoms with Crippen molar-refractivity contribution in [1.29, 1.82) is 0 Å². The van der Waals surface area contributed by atoms with E-state index in [-0.39, 0.29) is 60.9 Å². The fourth-order valence-electron chi connectivity index (χ4n) is 10.6. The summed E-state index contributed by atoms with van der Waals surface area (Å²) in [6.07, 6.45) is 15.1. The highest BCUT2D eigenvalue weighted by Crippen LogP contribution is 2.39. The summed E-state index contributed by atoms with van der Waals surface area (Å²) in [6.45, 7) is 21.5. The maximum absolute atomic E-state index is 14.4. The second-order valence-corrected chi connectivity index (χ2v) is 21.1. The second kappa shape index (κ2) is 25.4. The largest absolute Gasteiger partial charge is 0.460 e. The molecule has 0 aromatic carbocycles. The molecule has 2 saturated heterocycles. The number of rotatable bonds is 6. The number of amides is 1. The van der Waals surface area contributed by atoms with Crippen LogP contribution in [0.3, 0.4) is 0 Å². The molecule has 2 bridgehead atoms. The van der Waals surface area contributed by atoms with Gasteiger partial charge in [0.15, 0.2) is 5.78 Å². The minimum absolute atomic E-state index is 0.0419. The van der Waals surface area contributed by atoms with Gasteiger partial charge in [-0.05, 0) is 133 Å². The van der Waals surface area contributed by atoms with Crippen LogP contribution in [-0.4, -0.2) is 106 Å². The fourth-order valence-corrected chi connectivity index (χ4v) is 10.6. The Kier molecular flexibility index (Phi) is 21.2. The quantitative estimate of drug-likeness (QED) is 0.149. The average molecular weight is 924 g/mol. The monoisotopic (exact) mass is 924 g/mol. The third-order valence-electron chi connectivity index (χ3n) is 15.1. The Bertz CT molecular complexity index is 1780. The van der Waals surface area contributed by atoms with Gasteiger partial charge in [-0.2, -0.15) is 0 Å². The van der Waals surface area contributed by atoms with Crippen molar-refractivity contribution in [2.75, 3.05) is 13.7 Å². The normalized spacial score (nSPS) is 40.1. The number of piperidine rings is 1. The number of ketones is 3. The molecular formula is C54H85NO11. The van der Waals surface area contributed by atoms with Gasteiger partial charge < -0.3 is 34.1 Å². The molecule has 1 aliphatic carbocycles. The number of hydrogen-bond donors (Lipinski definition) is 2. The molecule has 66 heavy (non-hydrogen) atoms. The first kappa shape index (κ1) is 55.3. The Balaban J connectivity index is 1.68. The minimum atomic E-state index is -2.35. The molecule has 0 spiro atoms. The summed E-state index contributed by atoms with van der Waals surface area (Å²) in [6, 6.07) is -1.09. The average Bonchev–Trinajstić information content (AvgIpc) is 3.27. The predicted octanol–water partition coefficient (Wildman–Crippen LogP) is 8.86. The number of carbonyl (C=O) groups excluding carboxylic acids is 5. The number of aliphatic hydroxyl groups excluding tert-OH is 1. The van der Waals surface area contributed by atoms with Gasteiger partial charge in [0.05, 0.1) is 18.3 Å². The van der Waals surface area contributed by atoms with Crippen molar-refractivity contribution in [3.05, 3.63) is 47.6 Å². The number of fused-ring (bicyclic) bond motifs is 3. The van der Waals surface area contributed by atoms with Gasteiger partial charge in [-0.1, -0.05) is 90.5 Å². The van der Waals surface area contributed by atoms with Crippen molar-refractivity contribution in [3.8, 4) is 0 Å².